The summed E-state index contributed by atoms with van der Waals surface area (Å²) in [5, 5.41) is 8.00. The second-order valence-corrected chi connectivity index (χ2v) is 4.74. The van der Waals surface area contributed by atoms with Gasteiger partial charge < -0.3 is 14.2 Å². The maximum Gasteiger partial charge on any atom is 0.203 e. The Labute approximate surface area is 141 Å². The van der Waals surface area contributed by atoms with E-state index in [9.17, 15) is 0 Å². The Morgan fingerprint density at radius 2 is 1.46 bits per heavy atom. The van der Waals surface area contributed by atoms with Crippen LogP contribution in [-0.2, 0) is 0 Å². The lowest BCUT2D eigenvalue weighted by molar-refractivity contribution is 0.324. The SMILES string of the molecule is COc1cc(\C=N/N=C\C=C/c2ccccc2)cc(OC)c1OC. The van der Waals surface area contributed by atoms with E-state index in [0.717, 1.165) is 11.1 Å². The fourth-order valence-corrected chi connectivity index (χ4v) is 2.07. The fourth-order valence-electron chi connectivity index (χ4n) is 2.07. The van der Waals surface area contributed by atoms with E-state index in [0.29, 0.717) is 17.2 Å². The Kier molecular flexibility index (Phi) is 6.58. The van der Waals surface area contributed by atoms with Crippen LogP contribution < -0.4 is 14.2 Å². The third-order valence-corrected chi connectivity index (χ3v) is 3.20. The highest BCUT2D eigenvalue weighted by Gasteiger charge is 2.12. The van der Waals surface area contributed by atoms with Crippen LogP contribution in [0, 0.1) is 0 Å². The molecule has 0 radical (unpaired) electrons. The van der Waals surface area contributed by atoms with Gasteiger partial charge in [0, 0.05) is 11.8 Å². The predicted molar refractivity (Wildman–Crippen MR) is 97.7 cm³/mol. The molecule has 5 nitrogen and oxygen atoms in total. The van der Waals surface area contributed by atoms with Gasteiger partial charge in [0.2, 0.25) is 5.75 Å². The van der Waals surface area contributed by atoms with Crippen LogP contribution in [0.5, 0.6) is 17.2 Å². The van der Waals surface area contributed by atoms with Gasteiger partial charge in [0.25, 0.3) is 0 Å². The van der Waals surface area contributed by atoms with Gasteiger partial charge in [-0.1, -0.05) is 36.4 Å². The van der Waals surface area contributed by atoms with Crippen molar-refractivity contribution in [1.29, 1.82) is 0 Å². The normalized spacial score (nSPS) is 11.5. The second kappa shape index (κ2) is 9.15. The number of hydrogen-bond donors (Lipinski definition) is 0. The molecular weight excluding hydrogens is 304 g/mol. The Morgan fingerprint density at radius 3 is 2.04 bits per heavy atom. The number of rotatable bonds is 7. The molecule has 0 bridgehead atoms. The van der Waals surface area contributed by atoms with Crippen molar-refractivity contribution in [3.63, 3.8) is 0 Å². The standard InChI is InChI=1S/C19H20N2O3/c1-22-17-12-16(13-18(23-2)19(17)24-3)14-21-20-11-7-10-15-8-5-4-6-9-15/h4-14H,1-3H3/b10-7-,20-11-,21-14-. The molecule has 0 aromatic heterocycles. The quantitative estimate of drug-likeness (QED) is 0.574. The summed E-state index contributed by atoms with van der Waals surface area (Å²) in [5.74, 6) is 1.70. The summed E-state index contributed by atoms with van der Waals surface area (Å²) in [4.78, 5) is 0. The first-order chi connectivity index (χ1) is 11.8. The summed E-state index contributed by atoms with van der Waals surface area (Å²) in [6.07, 6.45) is 7.04. The van der Waals surface area contributed by atoms with Gasteiger partial charge in [-0.15, -0.1) is 0 Å². The number of hydrogen-bond acceptors (Lipinski definition) is 5. The zero-order chi connectivity index (χ0) is 17.2. The van der Waals surface area contributed by atoms with Crippen LogP contribution in [0.4, 0.5) is 0 Å². The molecule has 0 aliphatic carbocycles. The van der Waals surface area contributed by atoms with Crippen LogP contribution in [0.1, 0.15) is 11.1 Å². The van der Waals surface area contributed by atoms with E-state index in [2.05, 4.69) is 10.2 Å². The van der Waals surface area contributed by atoms with Gasteiger partial charge >= 0.3 is 0 Å². The summed E-state index contributed by atoms with van der Waals surface area (Å²) < 4.78 is 15.9. The molecule has 5 heteroatoms. The van der Waals surface area contributed by atoms with Crippen LogP contribution in [0.15, 0.2) is 58.7 Å². The van der Waals surface area contributed by atoms with E-state index >= 15 is 0 Å². The molecule has 0 saturated carbocycles. The average Bonchev–Trinajstić information content (AvgIpc) is 2.64. The minimum absolute atomic E-state index is 0.548. The van der Waals surface area contributed by atoms with E-state index in [-0.39, 0.29) is 0 Å². The molecular formula is C19H20N2O3. The lowest BCUT2D eigenvalue weighted by Gasteiger charge is -2.12. The van der Waals surface area contributed by atoms with Crippen molar-refractivity contribution in [2.24, 2.45) is 10.2 Å². The van der Waals surface area contributed by atoms with E-state index in [1.165, 1.54) is 0 Å². The van der Waals surface area contributed by atoms with Gasteiger partial charge in [-0.05, 0) is 23.8 Å². The summed E-state index contributed by atoms with van der Waals surface area (Å²) in [5.41, 5.74) is 1.91. The molecule has 0 amide bonds. The van der Waals surface area contributed by atoms with Crippen molar-refractivity contribution in [3.8, 4) is 17.2 Å². The van der Waals surface area contributed by atoms with Crippen LogP contribution in [-0.4, -0.2) is 33.8 Å². The molecule has 24 heavy (non-hydrogen) atoms. The molecule has 0 unspecified atom stereocenters. The van der Waals surface area contributed by atoms with Crippen LogP contribution in [0.25, 0.3) is 6.08 Å². The fraction of sp³-hybridized carbons (Fsp3) is 0.158. The summed E-state index contributed by atoms with van der Waals surface area (Å²) >= 11 is 0. The minimum Gasteiger partial charge on any atom is -0.493 e. The van der Waals surface area contributed by atoms with E-state index in [1.54, 1.807) is 45.9 Å². The molecule has 0 N–H and O–H groups in total. The maximum atomic E-state index is 5.30. The molecule has 124 valence electrons. The minimum atomic E-state index is 0.548. The first-order valence-corrected chi connectivity index (χ1v) is 7.36. The number of nitrogens with zero attached hydrogens (tertiary/aromatic N) is 2. The summed E-state index contributed by atoms with van der Waals surface area (Å²) in [6.45, 7) is 0. The second-order valence-electron chi connectivity index (χ2n) is 4.74. The molecule has 0 atom stereocenters. The lowest BCUT2D eigenvalue weighted by atomic mass is 10.2. The van der Waals surface area contributed by atoms with Gasteiger partial charge in [0.05, 0.1) is 27.5 Å². The van der Waals surface area contributed by atoms with Gasteiger partial charge in [0.15, 0.2) is 11.5 Å². The van der Waals surface area contributed by atoms with Gasteiger partial charge in [-0.2, -0.15) is 10.2 Å². The topological polar surface area (TPSA) is 52.4 Å². The van der Waals surface area contributed by atoms with Crippen molar-refractivity contribution in [2.45, 2.75) is 0 Å². The predicted octanol–water partition coefficient (Wildman–Crippen LogP) is 3.83. The highest BCUT2D eigenvalue weighted by molar-refractivity contribution is 5.83. The van der Waals surface area contributed by atoms with Gasteiger partial charge in [-0.3, -0.25) is 0 Å². The molecule has 2 aromatic rings. The Morgan fingerprint density at radius 1 is 0.792 bits per heavy atom. The summed E-state index contributed by atoms with van der Waals surface area (Å²) in [6, 6.07) is 13.6. The van der Waals surface area contributed by atoms with Crippen molar-refractivity contribution in [3.05, 3.63) is 59.7 Å². The monoisotopic (exact) mass is 324 g/mol. The smallest absolute Gasteiger partial charge is 0.203 e. The largest absolute Gasteiger partial charge is 0.493 e. The molecule has 0 aliphatic heterocycles. The highest BCUT2D eigenvalue weighted by atomic mass is 16.5. The Hall–Kier alpha value is -3.08. The van der Waals surface area contributed by atoms with Crippen molar-refractivity contribution in [1.82, 2.24) is 0 Å². The molecule has 0 aliphatic rings. The summed E-state index contributed by atoms with van der Waals surface area (Å²) in [7, 11) is 4.72. The van der Waals surface area contributed by atoms with Crippen molar-refractivity contribution in [2.75, 3.05) is 21.3 Å². The van der Waals surface area contributed by atoms with Gasteiger partial charge in [-0.25, -0.2) is 0 Å². The number of methoxy groups -OCH3 is 3. The third kappa shape index (κ3) is 4.71. The molecule has 2 rings (SSSR count). The maximum absolute atomic E-state index is 5.30. The first-order valence-electron chi connectivity index (χ1n) is 7.36. The van der Waals surface area contributed by atoms with Crippen molar-refractivity contribution >= 4 is 18.5 Å². The Bertz CT molecular complexity index is 713. The molecule has 2 aromatic carbocycles. The van der Waals surface area contributed by atoms with Crippen LogP contribution in [0.3, 0.4) is 0 Å². The highest BCUT2D eigenvalue weighted by Crippen LogP contribution is 2.37. The van der Waals surface area contributed by atoms with Crippen LogP contribution >= 0.6 is 0 Å². The third-order valence-electron chi connectivity index (χ3n) is 3.20. The number of benzene rings is 2. The van der Waals surface area contributed by atoms with E-state index in [1.807, 2.05) is 42.5 Å². The molecule has 0 spiro atoms. The van der Waals surface area contributed by atoms with E-state index < -0.39 is 0 Å². The molecule has 0 saturated heterocycles. The van der Waals surface area contributed by atoms with Crippen LogP contribution in [0.2, 0.25) is 0 Å². The lowest BCUT2D eigenvalue weighted by Crippen LogP contribution is -1.96. The first kappa shape index (κ1) is 17.3. The van der Waals surface area contributed by atoms with E-state index in [4.69, 9.17) is 14.2 Å². The number of ether oxygens (including phenoxy) is 3. The number of allylic oxidation sites excluding steroid dienone is 1. The average molecular weight is 324 g/mol. The molecule has 0 heterocycles. The molecule has 0 fully saturated rings. The van der Waals surface area contributed by atoms with Crippen molar-refractivity contribution < 1.29 is 14.2 Å². The van der Waals surface area contributed by atoms with Gasteiger partial charge in [0.1, 0.15) is 0 Å². The zero-order valence-corrected chi connectivity index (χ0v) is 14.0. The Balaban J connectivity index is 2.06. The zero-order valence-electron chi connectivity index (χ0n) is 14.0.